The summed E-state index contributed by atoms with van der Waals surface area (Å²) < 4.78 is 5.51. The molecule has 2 heteroatoms. The molecule has 2 nitrogen and oxygen atoms in total. The van der Waals surface area contributed by atoms with Crippen molar-refractivity contribution >= 4 is 0 Å². The van der Waals surface area contributed by atoms with Gasteiger partial charge in [-0.2, -0.15) is 0 Å². The Morgan fingerprint density at radius 3 is 2.50 bits per heavy atom. The van der Waals surface area contributed by atoms with Crippen molar-refractivity contribution in [3.8, 4) is 0 Å². The maximum absolute atomic E-state index is 5.51. The summed E-state index contributed by atoms with van der Waals surface area (Å²) in [6.45, 7) is 11.8. The highest BCUT2D eigenvalue weighted by atomic mass is 16.3. The summed E-state index contributed by atoms with van der Waals surface area (Å²) >= 11 is 0. The van der Waals surface area contributed by atoms with Crippen LogP contribution in [0.4, 0.5) is 0 Å². The Bertz CT molecular complexity index is 317. The molecule has 0 saturated heterocycles. The van der Waals surface area contributed by atoms with Crippen LogP contribution in [0.5, 0.6) is 0 Å². The summed E-state index contributed by atoms with van der Waals surface area (Å²) in [5.41, 5.74) is 1.29. The molecule has 0 saturated carbocycles. The van der Waals surface area contributed by atoms with Gasteiger partial charge in [-0.05, 0) is 39.2 Å². The highest BCUT2D eigenvalue weighted by Crippen LogP contribution is 2.14. The van der Waals surface area contributed by atoms with Crippen LogP contribution < -0.4 is 5.32 Å². The zero-order chi connectivity index (χ0) is 12.1. The van der Waals surface area contributed by atoms with Crippen molar-refractivity contribution in [1.82, 2.24) is 5.32 Å². The molecule has 2 unspecified atom stereocenters. The third-order valence-corrected chi connectivity index (χ3v) is 3.24. The zero-order valence-corrected chi connectivity index (χ0v) is 11.3. The first-order valence-corrected chi connectivity index (χ1v) is 6.32. The average Bonchev–Trinajstić information content (AvgIpc) is 2.54. The van der Waals surface area contributed by atoms with E-state index in [1.165, 1.54) is 18.4 Å². The van der Waals surface area contributed by atoms with Crippen LogP contribution in [0.3, 0.4) is 0 Å². The van der Waals surface area contributed by atoms with Crippen molar-refractivity contribution in [3.63, 3.8) is 0 Å². The standard InChI is InChI=1S/C14H25NO/c1-6-10(2)7-11(3)15-9-14-8-12(4)16-13(14)5/h8,10-11,15H,6-7,9H2,1-5H3. The van der Waals surface area contributed by atoms with Crippen molar-refractivity contribution in [2.45, 2.75) is 60.0 Å². The van der Waals surface area contributed by atoms with Gasteiger partial charge in [0, 0.05) is 18.2 Å². The molecule has 1 N–H and O–H groups in total. The summed E-state index contributed by atoms with van der Waals surface area (Å²) in [7, 11) is 0. The number of nitrogens with one attached hydrogen (secondary N) is 1. The normalized spacial score (nSPS) is 15.1. The Labute approximate surface area is 99.4 Å². The predicted molar refractivity (Wildman–Crippen MR) is 68.6 cm³/mol. The topological polar surface area (TPSA) is 25.2 Å². The molecular formula is C14H25NO. The molecule has 92 valence electrons. The van der Waals surface area contributed by atoms with Crippen LogP contribution in [0.15, 0.2) is 10.5 Å². The van der Waals surface area contributed by atoms with E-state index in [2.05, 4.69) is 32.2 Å². The van der Waals surface area contributed by atoms with Crippen molar-refractivity contribution in [1.29, 1.82) is 0 Å². The molecule has 0 amide bonds. The SMILES string of the molecule is CCC(C)CC(C)NCc1cc(C)oc1C. The second-order valence-corrected chi connectivity index (χ2v) is 4.97. The van der Waals surface area contributed by atoms with E-state index in [9.17, 15) is 0 Å². The smallest absolute Gasteiger partial charge is 0.105 e. The highest BCUT2D eigenvalue weighted by molar-refractivity contribution is 5.19. The van der Waals surface area contributed by atoms with E-state index in [-0.39, 0.29) is 0 Å². The molecule has 16 heavy (non-hydrogen) atoms. The Hall–Kier alpha value is -0.760. The quantitative estimate of drug-likeness (QED) is 0.793. The van der Waals surface area contributed by atoms with Gasteiger partial charge in [-0.15, -0.1) is 0 Å². The van der Waals surface area contributed by atoms with Crippen LogP contribution in [0.25, 0.3) is 0 Å². The molecule has 0 spiro atoms. The van der Waals surface area contributed by atoms with Gasteiger partial charge in [0.15, 0.2) is 0 Å². The third-order valence-electron chi connectivity index (χ3n) is 3.24. The van der Waals surface area contributed by atoms with Crippen molar-refractivity contribution < 1.29 is 4.42 Å². The first kappa shape index (κ1) is 13.3. The van der Waals surface area contributed by atoms with Crippen LogP contribution in [0.2, 0.25) is 0 Å². The predicted octanol–water partition coefficient (Wildman–Crippen LogP) is 3.81. The first-order chi connectivity index (χ1) is 7.52. The minimum absolute atomic E-state index is 0.574. The van der Waals surface area contributed by atoms with Gasteiger partial charge in [0.25, 0.3) is 0 Å². The van der Waals surface area contributed by atoms with Gasteiger partial charge < -0.3 is 9.73 Å². The molecule has 0 aliphatic carbocycles. The Balaban J connectivity index is 2.36. The third kappa shape index (κ3) is 4.01. The molecule has 1 aromatic heterocycles. The fourth-order valence-corrected chi connectivity index (χ4v) is 2.00. The lowest BCUT2D eigenvalue weighted by atomic mass is 10.0. The number of rotatable bonds is 6. The maximum Gasteiger partial charge on any atom is 0.105 e. The molecule has 0 aliphatic rings. The largest absolute Gasteiger partial charge is 0.466 e. The Morgan fingerprint density at radius 1 is 1.31 bits per heavy atom. The van der Waals surface area contributed by atoms with Gasteiger partial charge in [-0.25, -0.2) is 0 Å². The van der Waals surface area contributed by atoms with Crippen LogP contribution in [-0.2, 0) is 6.54 Å². The van der Waals surface area contributed by atoms with E-state index in [0.29, 0.717) is 6.04 Å². The number of hydrogen-bond acceptors (Lipinski definition) is 2. The number of furan rings is 1. The zero-order valence-electron chi connectivity index (χ0n) is 11.3. The van der Waals surface area contributed by atoms with Crippen LogP contribution in [0, 0.1) is 19.8 Å². The van der Waals surface area contributed by atoms with Crippen LogP contribution >= 0.6 is 0 Å². The van der Waals surface area contributed by atoms with E-state index >= 15 is 0 Å². The van der Waals surface area contributed by atoms with Gasteiger partial charge >= 0.3 is 0 Å². The van der Waals surface area contributed by atoms with Crippen LogP contribution in [-0.4, -0.2) is 6.04 Å². The molecular weight excluding hydrogens is 198 g/mol. The van der Waals surface area contributed by atoms with Crippen LogP contribution in [0.1, 0.15) is 50.7 Å². The van der Waals surface area contributed by atoms with E-state index in [1.54, 1.807) is 0 Å². The summed E-state index contributed by atoms with van der Waals surface area (Å²) in [5, 5.41) is 3.56. The van der Waals surface area contributed by atoms with E-state index < -0.39 is 0 Å². The molecule has 0 radical (unpaired) electrons. The van der Waals surface area contributed by atoms with E-state index in [0.717, 1.165) is 24.0 Å². The molecule has 0 fully saturated rings. The fraction of sp³-hybridized carbons (Fsp3) is 0.714. The van der Waals surface area contributed by atoms with Crippen molar-refractivity contribution in [2.75, 3.05) is 0 Å². The Morgan fingerprint density at radius 2 is 2.00 bits per heavy atom. The highest BCUT2D eigenvalue weighted by Gasteiger charge is 2.09. The molecule has 1 aromatic rings. The number of hydrogen-bond donors (Lipinski definition) is 1. The monoisotopic (exact) mass is 223 g/mol. The minimum atomic E-state index is 0.574. The average molecular weight is 223 g/mol. The van der Waals surface area contributed by atoms with Gasteiger partial charge in [0.2, 0.25) is 0 Å². The second kappa shape index (κ2) is 6.09. The summed E-state index contributed by atoms with van der Waals surface area (Å²) in [6, 6.07) is 2.70. The molecule has 1 heterocycles. The van der Waals surface area contributed by atoms with Gasteiger partial charge in [0.05, 0.1) is 0 Å². The molecule has 0 bridgehead atoms. The minimum Gasteiger partial charge on any atom is -0.466 e. The fourth-order valence-electron chi connectivity index (χ4n) is 2.00. The van der Waals surface area contributed by atoms with Gasteiger partial charge in [0.1, 0.15) is 11.5 Å². The summed E-state index contributed by atoms with van der Waals surface area (Å²) in [6.07, 6.45) is 2.50. The van der Waals surface area contributed by atoms with Gasteiger partial charge in [-0.1, -0.05) is 20.3 Å². The summed E-state index contributed by atoms with van der Waals surface area (Å²) in [4.78, 5) is 0. The Kier molecular flexibility index (Phi) is 5.07. The van der Waals surface area contributed by atoms with Gasteiger partial charge in [-0.3, -0.25) is 0 Å². The molecule has 0 aromatic carbocycles. The lowest BCUT2D eigenvalue weighted by Gasteiger charge is -2.17. The van der Waals surface area contributed by atoms with E-state index in [4.69, 9.17) is 4.42 Å². The van der Waals surface area contributed by atoms with Crippen molar-refractivity contribution in [2.24, 2.45) is 5.92 Å². The molecule has 0 aliphatic heterocycles. The first-order valence-electron chi connectivity index (χ1n) is 6.32. The molecule has 2 atom stereocenters. The van der Waals surface area contributed by atoms with Crippen molar-refractivity contribution in [3.05, 3.63) is 23.2 Å². The maximum atomic E-state index is 5.51. The number of aryl methyl sites for hydroxylation is 2. The lowest BCUT2D eigenvalue weighted by molar-refractivity contribution is 0.410. The van der Waals surface area contributed by atoms with E-state index in [1.807, 2.05) is 13.8 Å². The second-order valence-electron chi connectivity index (χ2n) is 4.97. The lowest BCUT2D eigenvalue weighted by Crippen LogP contribution is -2.27. The summed E-state index contributed by atoms with van der Waals surface area (Å²) in [5.74, 6) is 2.85. The molecule has 1 rings (SSSR count).